The van der Waals surface area contributed by atoms with E-state index in [1.165, 1.54) is 5.57 Å². The van der Waals surface area contributed by atoms with Gasteiger partial charge in [-0.25, -0.2) is 9.97 Å². The van der Waals surface area contributed by atoms with Gasteiger partial charge in [0.05, 0.1) is 24.2 Å². The van der Waals surface area contributed by atoms with E-state index in [1.54, 1.807) is 7.11 Å². The maximum absolute atomic E-state index is 9.57. The average molecular weight is 499 g/mol. The molecule has 0 bridgehead atoms. The number of nitrogens with one attached hydrogen (secondary N) is 2. The zero-order valence-electron chi connectivity index (χ0n) is 21.0. The first-order valence-electron chi connectivity index (χ1n) is 12.6. The van der Waals surface area contributed by atoms with Crippen molar-refractivity contribution < 1.29 is 14.2 Å². The molecular formula is C28H30N6O3. The second kappa shape index (κ2) is 9.98. The number of aromatic nitrogens is 2. The van der Waals surface area contributed by atoms with Crippen molar-refractivity contribution in [1.29, 1.82) is 5.26 Å². The Balaban J connectivity index is 1.19. The van der Waals surface area contributed by atoms with E-state index in [9.17, 15) is 5.26 Å². The van der Waals surface area contributed by atoms with Crippen molar-refractivity contribution in [1.82, 2.24) is 20.2 Å². The molecule has 0 spiro atoms. The zero-order valence-corrected chi connectivity index (χ0v) is 21.0. The number of epoxide rings is 1. The highest BCUT2D eigenvalue weighted by Gasteiger charge is 2.43. The van der Waals surface area contributed by atoms with Crippen LogP contribution in [0.15, 0.2) is 54.4 Å². The third-order valence-corrected chi connectivity index (χ3v) is 7.18. The van der Waals surface area contributed by atoms with Crippen LogP contribution in [0.3, 0.4) is 0 Å². The topological polar surface area (TPSA) is 108 Å². The molecule has 2 N–H and O–H groups in total. The Hall–Kier alpha value is -3.71. The molecule has 0 aliphatic carbocycles. The van der Waals surface area contributed by atoms with E-state index < -0.39 is 0 Å². The Labute approximate surface area is 216 Å². The lowest BCUT2D eigenvalue weighted by Crippen LogP contribution is -2.36. The molecule has 3 aromatic rings. The minimum atomic E-state index is -0.136. The van der Waals surface area contributed by atoms with Crippen LogP contribution in [0.4, 0.5) is 5.95 Å². The SMILES string of the molecule is COc1ccc(C(NC2OC2c2ccc3cnc(NC4CCOCC4)nc3c2)C2=CN(C)C2)cc1C#N. The summed E-state index contributed by atoms with van der Waals surface area (Å²) in [5, 5.41) is 17.7. The molecule has 0 radical (unpaired) electrons. The van der Waals surface area contributed by atoms with Gasteiger partial charge in [0.25, 0.3) is 0 Å². The highest BCUT2D eigenvalue weighted by atomic mass is 16.6. The fourth-order valence-corrected chi connectivity index (χ4v) is 5.09. The summed E-state index contributed by atoms with van der Waals surface area (Å²) in [6.45, 7) is 2.40. The Kier molecular flexibility index (Phi) is 6.38. The summed E-state index contributed by atoms with van der Waals surface area (Å²) in [5.41, 5.74) is 4.76. The summed E-state index contributed by atoms with van der Waals surface area (Å²) in [5.74, 6) is 1.23. The van der Waals surface area contributed by atoms with Crippen molar-refractivity contribution in [2.75, 3.05) is 39.2 Å². The van der Waals surface area contributed by atoms with E-state index >= 15 is 0 Å². The Bertz CT molecular complexity index is 1380. The molecule has 37 heavy (non-hydrogen) atoms. The number of fused-ring (bicyclic) bond motifs is 1. The molecule has 2 aromatic carbocycles. The summed E-state index contributed by atoms with van der Waals surface area (Å²) < 4.78 is 16.9. The third kappa shape index (κ3) is 4.96. The summed E-state index contributed by atoms with van der Waals surface area (Å²) in [6, 6.07) is 14.5. The summed E-state index contributed by atoms with van der Waals surface area (Å²) in [4.78, 5) is 11.4. The first kappa shape index (κ1) is 23.7. The first-order valence-corrected chi connectivity index (χ1v) is 12.6. The highest BCUT2D eigenvalue weighted by Crippen LogP contribution is 2.41. The molecule has 3 unspecified atom stereocenters. The van der Waals surface area contributed by atoms with E-state index in [0.717, 1.165) is 54.6 Å². The monoisotopic (exact) mass is 498 g/mol. The van der Waals surface area contributed by atoms with Crippen LogP contribution in [0.5, 0.6) is 5.75 Å². The second-order valence-corrected chi connectivity index (χ2v) is 9.81. The number of methoxy groups -OCH3 is 1. The van der Waals surface area contributed by atoms with Gasteiger partial charge in [-0.05, 0) is 47.7 Å². The van der Waals surface area contributed by atoms with Crippen LogP contribution in [0.1, 0.15) is 41.7 Å². The molecule has 9 nitrogen and oxygen atoms in total. The zero-order chi connectivity index (χ0) is 25.4. The molecular weight excluding hydrogens is 468 g/mol. The van der Waals surface area contributed by atoms with Crippen molar-refractivity contribution in [2.24, 2.45) is 0 Å². The van der Waals surface area contributed by atoms with Crippen LogP contribution in [-0.4, -0.2) is 61.1 Å². The highest BCUT2D eigenvalue weighted by molar-refractivity contribution is 5.79. The van der Waals surface area contributed by atoms with Crippen LogP contribution in [0.2, 0.25) is 0 Å². The number of anilines is 1. The number of ether oxygens (including phenoxy) is 3. The van der Waals surface area contributed by atoms with Crippen LogP contribution in [0, 0.1) is 11.3 Å². The predicted molar refractivity (Wildman–Crippen MR) is 139 cm³/mol. The molecule has 0 amide bonds. The average Bonchev–Trinajstić information content (AvgIpc) is 3.69. The fourth-order valence-electron chi connectivity index (χ4n) is 5.09. The van der Waals surface area contributed by atoms with E-state index in [2.05, 4.69) is 44.9 Å². The molecule has 1 aromatic heterocycles. The normalized spacial score (nSPS) is 22.1. The van der Waals surface area contributed by atoms with E-state index in [-0.39, 0.29) is 18.4 Å². The summed E-state index contributed by atoms with van der Waals surface area (Å²) in [7, 11) is 3.63. The fraction of sp³-hybridized carbons (Fsp3) is 0.393. The lowest BCUT2D eigenvalue weighted by atomic mass is 9.94. The summed E-state index contributed by atoms with van der Waals surface area (Å²) >= 11 is 0. The summed E-state index contributed by atoms with van der Waals surface area (Å²) in [6.07, 6.45) is 5.71. The van der Waals surface area contributed by atoms with Crippen molar-refractivity contribution in [2.45, 2.75) is 37.3 Å². The minimum Gasteiger partial charge on any atom is -0.495 e. The molecule has 3 aliphatic rings. The molecule has 2 fully saturated rings. The molecule has 190 valence electrons. The quantitative estimate of drug-likeness (QED) is 0.450. The number of likely N-dealkylation sites (N-methyl/N-ethyl adjacent to an activating group) is 1. The molecule has 4 heterocycles. The van der Waals surface area contributed by atoms with Crippen LogP contribution in [0.25, 0.3) is 10.9 Å². The largest absolute Gasteiger partial charge is 0.495 e. The van der Waals surface area contributed by atoms with Gasteiger partial charge in [-0.3, -0.25) is 5.32 Å². The van der Waals surface area contributed by atoms with Crippen LogP contribution in [-0.2, 0) is 9.47 Å². The van der Waals surface area contributed by atoms with Crippen molar-refractivity contribution >= 4 is 16.9 Å². The standard InChI is InChI=1S/C28H30N6O3/c1-34-15-21(16-34)25(17-5-6-24(35-2)20(11-17)13-29)33-27-26(37-27)18-3-4-19-14-30-28(32-23(19)12-18)31-22-7-9-36-10-8-22/h3-6,11-12,14-15,22,25-27,33H,7-10,16H2,1-2H3,(H,30,31,32). The lowest BCUT2D eigenvalue weighted by Gasteiger charge is -2.33. The number of hydrogen-bond acceptors (Lipinski definition) is 9. The van der Waals surface area contributed by atoms with Gasteiger partial charge in [0.1, 0.15) is 24.2 Å². The predicted octanol–water partition coefficient (Wildman–Crippen LogP) is 3.66. The maximum Gasteiger partial charge on any atom is 0.223 e. The molecule has 0 saturated carbocycles. The van der Waals surface area contributed by atoms with Gasteiger partial charge in [-0.15, -0.1) is 0 Å². The Morgan fingerprint density at radius 1 is 1.19 bits per heavy atom. The second-order valence-electron chi connectivity index (χ2n) is 9.81. The molecule has 3 aliphatic heterocycles. The maximum atomic E-state index is 9.57. The molecule has 6 rings (SSSR count). The van der Waals surface area contributed by atoms with Gasteiger partial charge >= 0.3 is 0 Å². The number of benzene rings is 2. The molecule has 9 heteroatoms. The Morgan fingerprint density at radius 3 is 2.78 bits per heavy atom. The van der Waals surface area contributed by atoms with Gasteiger partial charge < -0.3 is 24.4 Å². The van der Waals surface area contributed by atoms with Crippen molar-refractivity contribution in [3.8, 4) is 11.8 Å². The van der Waals surface area contributed by atoms with Crippen LogP contribution >= 0.6 is 0 Å². The van der Waals surface area contributed by atoms with E-state index in [0.29, 0.717) is 23.3 Å². The van der Waals surface area contributed by atoms with Crippen molar-refractivity contribution in [3.63, 3.8) is 0 Å². The number of nitriles is 1. The minimum absolute atomic E-state index is 0.0535. The van der Waals surface area contributed by atoms with Gasteiger partial charge in [-0.1, -0.05) is 18.2 Å². The third-order valence-electron chi connectivity index (χ3n) is 7.18. The van der Waals surface area contributed by atoms with Gasteiger partial charge in [0.2, 0.25) is 5.95 Å². The first-order chi connectivity index (χ1) is 18.1. The van der Waals surface area contributed by atoms with Gasteiger partial charge in [-0.2, -0.15) is 5.26 Å². The number of rotatable bonds is 8. The van der Waals surface area contributed by atoms with E-state index in [4.69, 9.17) is 19.2 Å². The van der Waals surface area contributed by atoms with Crippen LogP contribution < -0.4 is 15.4 Å². The van der Waals surface area contributed by atoms with Gasteiger partial charge in [0.15, 0.2) is 0 Å². The molecule has 2 saturated heterocycles. The molecule has 3 atom stereocenters. The lowest BCUT2D eigenvalue weighted by molar-refractivity contribution is 0.0903. The number of nitrogens with zero attached hydrogens (tertiary/aromatic N) is 4. The Morgan fingerprint density at radius 2 is 2.03 bits per heavy atom. The van der Waals surface area contributed by atoms with E-state index in [1.807, 2.05) is 37.5 Å². The smallest absolute Gasteiger partial charge is 0.223 e. The number of hydrogen-bond donors (Lipinski definition) is 2. The van der Waals surface area contributed by atoms with Crippen molar-refractivity contribution in [3.05, 3.63) is 71.1 Å². The van der Waals surface area contributed by atoms with Gasteiger partial charge in [0, 0.05) is 50.6 Å².